The zero-order valence-electron chi connectivity index (χ0n) is 16.2. The molecule has 0 aliphatic rings. The lowest BCUT2D eigenvalue weighted by atomic mass is 10.1. The Kier molecular flexibility index (Phi) is 7.49. The largest absolute Gasteiger partial charge is 0.496 e. The Hall–Kier alpha value is -2.57. The van der Waals surface area contributed by atoms with Gasteiger partial charge in [0.05, 0.1) is 18.6 Å². The average molecular weight is 473 g/mol. The molecule has 0 bridgehead atoms. The van der Waals surface area contributed by atoms with Crippen molar-refractivity contribution in [2.24, 2.45) is 0 Å². The van der Waals surface area contributed by atoms with Gasteiger partial charge in [0, 0.05) is 15.4 Å². The molecule has 150 valence electrons. The van der Waals surface area contributed by atoms with E-state index in [1.807, 2.05) is 60.8 Å². The van der Waals surface area contributed by atoms with Gasteiger partial charge in [0.25, 0.3) is 0 Å². The van der Waals surface area contributed by atoms with Crippen molar-refractivity contribution in [3.8, 4) is 17.2 Å². The van der Waals surface area contributed by atoms with E-state index in [0.29, 0.717) is 29.6 Å². The zero-order chi connectivity index (χ0) is 20.6. The van der Waals surface area contributed by atoms with Crippen molar-refractivity contribution in [1.29, 1.82) is 0 Å². The highest BCUT2D eigenvalue weighted by atomic mass is 79.9. The lowest BCUT2D eigenvalue weighted by Crippen LogP contribution is -2.01. The standard InChI is InChI=1S/C23H21BrO4S/c1-3-27-21-6-4-5-7-22(21)28-14-17-12-16(9-11-20(17)26-2)8-10-19(25)23-13-18(24)15-29-23/h4-13,15H,3,14H2,1-2H3/b10-8+. The van der Waals surface area contributed by atoms with E-state index in [1.165, 1.54) is 11.3 Å². The van der Waals surface area contributed by atoms with E-state index in [2.05, 4.69) is 15.9 Å². The maximum Gasteiger partial charge on any atom is 0.195 e. The SMILES string of the molecule is CCOc1ccccc1OCc1cc(/C=C/C(=O)c2cc(Br)cs2)ccc1OC. The third-order valence-electron chi connectivity index (χ3n) is 4.07. The molecule has 3 rings (SSSR count). The van der Waals surface area contributed by atoms with E-state index in [1.54, 1.807) is 19.3 Å². The van der Waals surface area contributed by atoms with E-state index in [9.17, 15) is 4.79 Å². The van der Waals surface area contributed by atoms with Crippen molar-refractivity contribution >= 4 is 39.1 Å². The van der Waals surface area contributed by atoms with Crippen LogP contribution in [0.25, 0.3) is 6.08 Å². The fourth-order valence-corrected chi connectivity index (χ4v) is 4.06. The van der Waals surface area contributed by atoms with Gasteiger partial charge in [-0.05, 0) is 64.8 Å². The Morgan fingerprint density at radius 1 is 1.07 bits per heavy atom. The second-order valence-electron chi connectivity index (χ2n) is 6.07. The Morgan fingerprint density at radius 3 is 2.48 bits per heavy atom. The number of hydrogen-bond acceptors (Lipinski definition) is 5. The number of rotatable bonds is 9. The van der Waals surface area contributed by atoms with Crippen molar-refractivity contribution in [2.75, 3.05) is 13.7 Å². The molecule has 0 radical (unpaired) electrons. The van der Waals surface area contributed by atoms with Gasteiger partial charge in [0.2, 0.25) is 0 Å². The van der Waals surface area contributed by atoms with Crippen LogP contribution in [0.4, 0.5) is 0 Å². The highest BCUT2D eigenvalue weighted by Gasteiger charge is 2.09. The highest BCUT2D eigenvalue weighted by molar-refractivity contribution is 9.10. The first-order valence-electron chi connectivity index (χ1n) is 9.08. The summed E-state index contributed by atoms with van der Waals surface area (Å²) in [6.45, 7) is 2.82. The smallest absolute Gasteiger partial charge is 0.195 e. The molecule has 0 unspecified atom stereocenters. The predicted molar refractivity (Wildman–Crippen MR) is 120 cm³/mol. The molecular weight excluding hydrogens is 452 g/mol. The number of methoxy groups -OCH3 is 1. The van der Waals surface area contributed by atoms with Crippen LogP contribution in [-0.4, -0.2) is 19.5 Å². The van der Waals surface area contributed by atoms with Gasteiger partial charge in [-0.3, -0.25) is 4.79 Å². The van der Waals surface area contributed by atoms with Gasteiger partial charge in [-0.25, -0.2) is 0 Å². The molecule has 0 N–H and O–H groups in total. The first-order chi connectivity index (χ1) is 14.1. The summed E-state index contributed by atoms with van der Waals surface area (Å²) in [5.41, 5.74) is 1.78. The molecule has 0 amide bonds. The quantitative estimate of drug-likeness (QED) is 0.267. The molecule has 2 aromatic carbocycles. The van der Waals surface area contributed by atoms with Gasteiger partial charge in [-0.1, -0.05) is 24.3 Å². The summed E-state index contributed by atoms with van der Waals surface area (Å²) >= 11 is 4.78. The number of carbonyl (C=O) groups is 1. The summed E-state index contributed by atoms with van der Waals surface area (Å²) < 4.78 is 17.9. The lowest BCUT2D eigenvalue weighted by molar-refractivity contribution is 0.105. The van der Waals surface area contributed by atoms with Gasteiger partial charge in [0.1, 0.15) is 12.4 Å². The predicted octanol–water partition coefficient (Wildman–Crippen LogP) is 6.39. The minimum atomic E-state index is -0.0278. The van der Waals surface area contributed by atoms with E-state index in [0.717, 1.165) is 21.3 Å². The average Bonchev–Trinajstić information content (AvgIpc) is 3.18. The fraction of sp³-hybridized carbons (Fsp3) is 0.174. The number of benzene rings is 2. The molecule has 1 aromatic heterocycles. The normalized spacial score (nSPS) is 10.9. The number of halogens is 1. The van der Waals surface area contributed by atoms with Crippen LogP contribution in [0.1, 0.15) is 27.7 Å². The minimum Gasteiger partial charge on any atom is -0.496 e. The van der Waals surface area contributed by atoms with Crippen molar-refractivity contribution in [1.82, 2.24) is 0 Å². The van der Waals surface area contributed by atoms with Crippen LogP contribution in [0.5, 0.6) is 17.2 Å². The molecule has 0 aliphatic heterocycles. The number of ketones is 1. The third kappa shape index (κ3) is 5.71. The Morgan fingerprint density at radius 2 is 1.83 bits per heavy atom. The summed E-state index contributed by atoms with van der Waals surface area (Å²) in [5.74, 6) is 2.08. The second kappa shape index (κ2) is 10.3. The maximum atomic E-state index is 12.3. The van der Waals surface area contributed by atoms with E-state index in [4.69, 9.17) is 14.2 Å². The summed E-state index contributed by atoms with van der Waals surface area (Å²) in [7, 11) is 1.63. The van der Waals surface area contributed by atoms with Crippen LogP contribution in [-0.2, 0) is 6.61 Å². The molecule has 4 nitrogen and oxygen atoms in total. The number of allylic oxidation sites excluding steroid dienone is 1. The fourth-order valence-electron chi connectivity index (χ4n) is 2.71. The van der Waals surface area contributed by atoms with Crippen molar-refractivity contribution < 1.29 is 19.0 Å². The third-order valence-corrected chi connectivity index (χ3v) is 5.78. The highest BCUT2D eigenvalue weighted by Crippen LogP contribution is 2.29. The van der Waals surface area contributed by atoms with Crippen molar-refractivity contribution in [3.05, 3.63) is 80.5 Å². The minimum absolute atomic E-state index is 0.0278. The Labute approximate surface area is 182 Å². The summed E-state index contributed by atoms with van der Waals surface area (Å²) in [4.78, 5) is 13.0. The molecule has 29 heavy (non-hydrogen) atoms. The molecule has 1 heterocycles. The number of carbonyl (C=O) groups excluding carboxylic acids is 1. The first-order valence-corrected chi connectivity index (χ1v) is 10.8. The molecule has 0 saturated heterocycles. The number of ether oxygens (including phenoxy) is 3. The molecule has 0 aliphatic carbocycles. The first kappa shape index (κ1) is 21.1. The van der Waals surface area contributed by atoms with Crippen LogP contribution >= 0.6 is 27.3 Å². The van der Waals surface area contributed by atoms with E-state index in [-0.39, 0.29) is 5.78 Å². The number of hydrogen-bond donors (Lipinski definition) is 0. The van der Waals surface area contributed by atoms with Crippen molar-refractivity contribution in [2.45, 2.75) is 13.5 Å². The zero-order valence-corrected chi connectivity index (χ0v) is 18.6. The van der Waals surface area contributed by atoms with Crippen LogP contribution in [0.2, 0.25) is 0 Å². The Bertz CT molecular complexity index is 1010. The van der Waals surface area contributed by atoms with Gasteiger partial charge in [-0.2, -0.15) is 0 Å². The number of para-hydroxylation sites is 2. The molecule has 0 fully saturated rings. The molecule has 0 saturated carbocycles. The van der Waals surface area contributed by atoms with Crippen LogP contribution in [0.15, 0.2) is 64.5 Å². The molecule has 6 heteroatoms. The lowest BCUT2D eigenvalue weighted by Gasteiger charge is -2.14. The van der Waals surface area contributed by atoms with Crippen molar-refractivity contribution in [3.63, 3.8) is 0 Å². The van der Waals surface area contributed by atoms with Gasteiger partial charge in [0.15, 0.2) is 17.3 Å². The van der Waals surface area contributed by atoms with E-state index < -0.39 is 0 Å². The number of thiophene rings is 1. The van der Waals surface area contributed by atoms with Gasteiger partial charge < -0.3 is 14.2 Å². The topological polar surface area (TPSA) is 44.8 Å². The van der Waals surface area contributed by atoms with Crippen LogP contribution in [0, 0.1) is 0 Å². The van der Waals surface area contributed by atoms with E-state index >= 15 is 0 Å². The summed E-state index contributed by atoms with van der Waals surface area (Å²) in [6, 6.07) is 15.1. The van der Waals surface area contributed by atoms with Gasteiger partial charge >= 0.3 is 0 Å². The molecular formula is C23H21BrO4S. The Balaban J connectivity index is 1.75. The monoisotopic (exact) mass is 472 g/mol. The molecule has 0 atom stereocenters. The van der Waals surface area contributed by atoms with Crippen LogP contribution in [0.3, 0.4) is 0 Å². The van der Waals surface area contributed by atoms with Crippen LogP contribution < -0.4 is 14.2 Å². The summed E-state index contributed by atoms with van der Waals surface area (Å²) in [6.07, 6.45) is 3.38. The molecule has 3 aromatic rings. The second-order valence-corrected chi connectivity index (χ2v) is 7.89. The van der Waals surface area contributed by atoms with Gasteiger partial charge in [-0.15, -0.1) is 11.3 Å². The maximum absolute atomic E-state index is 12.3. The summed E-state index contributed by atoms with van der Waals surface area (Å²) in [5, 5.41) is 1.89. The molecule has 0 spiro atoms.